The summed E-state index contributed by atoms with van der Waals surface area (Å²) in [4.78, 5) is 33.0. The van der Waals surface area contributed by atoms with Crippen molar-refractivity contribution in [1.82, 2.24) is 24.9 Å². The third kappa shape index (κ3) is 3.06. The highest BCUT2D eigenvalue weighted by Crippen LogP contribution is 2.21. The Morgan fingerprint density at radius 2 is 1.96 bits per heavy atom. The number of hydrogen-bond acceptors (Lipinski definition) is 5. The molecular formula is C17H16N6O2. The minimum atomic E-state index is -0.489. The van der Waals surface area contributed by atoms with Crippen molar-refractivity contribution in [1.29, 1.82) is 0 Å². The molecule has 126 valence electrons. The van der Waals surface area contributed by atoms with Gasteiger partial charge in [-0.2, -0.15) is 4.98 Å². The molecule has 1 aliphatic carbocycles. The lowest BCUT2D eigenvalue weighted by atomic mass is 10.1. The summed E-state index contributed by atoms with van der Waals surface area (Å²) in [6, 6.07) is 8.89. The maximum atomic E-state index is 12.5. The van der Waals surface area contributed by atoms with Crippen molar-refractivity contribution in [3.63, 3.8) is 0 Å². The molecule has 8 nitrogen and oxygen atoms in total. The molecule has 2 aromatic heterocycles. The van der Waals surface area contributed by atoms with E-state index in [1.807, 2.05) is 6.92 Å². The molecule has 1 aliphatic rings. The van der Waals surface area contributed by atoms with Crippen LogP contribution in [0, 0.1) is 6.92 Å². The van der Waals surface area contributed by atoms with E-state index in [0.29, 0.717) is 17.0 Å². The predicted molar refractivity (Wildman–Crippen MR) is 90.4 cm³/mol. The molecule has 0 spiro atoms. The van der Waals surface area contributed by atoms with E-state index in [9.17, 15) is 9.59 Å². The Hall–Kier alpha value is -3.29. The van der Waals surface area contributed by atoms with Crippen LogP contribution in [0.2, 0.25) is 0 Å². The van der Waals surface area contributed by atoms with Crippen molar-refractivity contribution in [2.45, 2.75) is 25.8 Å². The fourth-order valence-corrected chi connectivity index (χ4v) is 2.46. The fourth-order valence-electron chi connectivity index (χ4n) is 2.46. The molecule has 1 aromatic carbocycles. The zero-order chi connectivity index (χ0) is 17.4. The molecule has 1 saturated carbocycles. The largest absolute Gasteiger partial charge is 0.349 e. The third-order valence-electron chi connectivity index (χ3n) is 3.97. The Balaban J connectivity index is 1.59. The van der Waals surface area contributed by atoms with Gasteiger partial charge in [0, 0.05) is 17.9 Å². The van der Waals surface area contributed by atoms with Gasteiger partial charge in [-0.15, -0.1) is 5.10 Å². The van der Waals surface area contributed by atoms with E-state index in [1.165, 1.54) is 4.52 Å². The molecule has 8 heteroatoms. The van der Waals surface area contributed by atoms with Crippen LogP contribution in [0.5, 0.6) is 0 Å². The Bertz CT molecular complexity index is 976. The predicted octanol–water partition coefficient (Wildman–Crippen LogP) is 1.58. The van der Waals surface area contributed by atoms with Crippen LogP contribution in [0.1, 0.15) is 39.5 Å². The van der Waals surface area contributed by atoms with Gasteiger partial charge in [0.1, 0.15) is 0 Å². The molecule has 0 radical (unpaired) electrons. The van der Waals surface area contributed by atoms with Crippen molar-refractivity contribution in [2.24, 2.45) is 0 Å². The molecule has 2 amide bonds. The van der Waals surface area contributed by atoms with Crippen LogP contribution < -0.4 is 10.6 Å². The summed E-state index contributed by atoms with van der Waals surface area (Å²) in [5, 5.41) is 9.80. The van der Waals surface area contributed by atoms with Gasteiger partial charge in [-0.1, -0.05) is 12.1 Å². The molecule has 0 unspecified atom stereocenters. The Morgan fingerprint density at radius 1 is 1.16 bits per heavy atom. The van der Waals surface area contributed by atoms with Crippen LogP contribution in [0.3, 0.4) is 0 Å². The van der Waals surface area contributed by atoms with E-state index < -0.39 is 5.91 Å². The lowest BCUT2D eigenvalue weighted by molar-refractivity contribution is 0.0952. The van der Waals surface area contributed by atoms with Crippen molar-refractivity contribution >= 4 is 23.3 Å². The van der Waals surface area contributed by atoms with Crippen LogP contribution in [0.25, 0.3) is 5.78 Å². The van der Waals surface area contributed by atoms with E-state index >= 15 is 0 Å². The van der Waals surface area contributed by atoms with Gasteiger partial charge in [0.15, 0.2) is 0 Å². The number of amides is 2. The van der Waals surface area contributed by atoms with E-state index in [0.717, 1.165) is 18.5 Å². The highest BCUT2D eigenvalue weighted by molar-refractivity contribution is 6.07. The summed E-state index contributed by atoms with van der Waals surface area (Å²) in [5.41, 5.74) is 1.66. The van der Waals surface area contributed by atoms with Gasteiger partial charge in [-0.05, 0) is 38.0 Å². The lowest BCUT2D eigenvalue weighted by Crippen LogP contribution is -2.27. The van der Waals surface area contributed by atoms with Crippen molar-refractivity contribution in [3.05, 3.63) is 53.6 Å². The molecule has 2 N–H and O–H groups in total. The Labute approximate surface area is 143 Å². The summed E-state index contributed by atoms with van der Waals surface area (Å²) >= 11 is 0. The summed E-state index contributed by atoms with van der Waals surface area (Å²) in [5.74, 6) is -0.334. The molecule has 25 heavy (non-hydrogen) atoms. The third-order valence-corrected chi connectivity index (χ3v) is 3.97. The van der Waals surface area contributed by atoms with Gasteiger partial charge in [-0.25, -0.2) is 9.50 Å². The zero-order valence-corrected chi connectivity index (χ0v) is 13.6. The number of para-hydroxylation sites is 1. The number of anilines is 1. The van der Waals surface area contributed by atoms with Crippen LogP contribution in [-0.2, 0) is 0 Å². The zero-order valence-electron chi connectivity index (χ0n) is 13.6. The van der Waals surface area contributed by atoms with Gasteiger partial charge in [0.2, 0.25) is 5.82 Å². The highest BCUT2D eigenvalue weighted by atomic mass is 16.2. The number of hydrogen-bond donors (Lipinski definition) is 2. The first-order valence-corrected chi connectivity index (χ1v) is 8.01. The lowest BCUT2D eigenvalue weighted by Gasteiger charge is -2.09. The summed E-state index contributed by atoms with van der Waals surface area (Å²) in [6.07, 6.45) is 3.61. The number of nitrogens with one attached hydrogen (secondary N) is 2. The average Bonchev–Trinajstić information content (AvgIpc) is 3.30. The van der Waals surface area contributed by atoms with Crippen molar-refractivity contribution < 1.29 is 9.59 Å². The standard InChI is InChI=1S/C17H16N6O2/c1-10-8-9-18-17-21-14(22-23(10)17)16(25)20-13-5-3-2-4-12(13)15(24)19-11-6-7-11/h2-5,8-9,11H,6-7H2,1H3,(H,19,24)(H,20,25). The topological polar surface area (TPSA) is 101 Å². The number of aromatic nitrogens is 4. The van der Waals surface area contributed by atoms with Crippen LogP contribution in [0.15, 0.2) is 36.5 Å². The van der Waals surface area contributed by atoms with Gasteiger partial charge in [0.05, 0.1) is 11.3 Å². The number of nitrogens with zero attached hydrogens (tertiary/aromatic N) is 4. The first-order valence-electron chi connectivity index (χ1n) is 8.01. The maximum absolute atomic E-state index is 12.5. The van der Waals surface area contributed by atoms with Gasteiger partial charge in [0.25, 0.3) is 17.6 Å². The fraction of sp³-hybridized carbons (Fsp3) is 0.235. The van der Waals surface area contributed by atoms with E-state index in [2.05, 4.69) is 25.7 Å². The normalized spacial score (nSPS) is 13.6. The molecule has 4 rings (SSSR count). The molecule has 1 fully saturated rings. The number of aryl methyl sites for hydroxylation is 1. The van der Waals surface area contributed by atoms with Crippen LogP contribution in [0.4, 0.5) is 5.69 Å². The average molecular weight is 336 g/mol. The molecule has 0 bridgehead atoms. The van der Waals surface area contributed by atoms with Gasteiger partial charge in [-0.3, -0.25) is 9.59 Å². The number of carbonyl (C=O) groups excluding carboxylic acids is 2. The Morgan fingerprint density at radius 3 is 2.72 bits per heavy atom. The minimum Gasteiger partial charge on any atom is -0.349 e. The Kier molecular flexibility index (Phi) is 3.64. The number of rotatable bonds is 4. The molecule has 0 atom stereocenters. The second-order valence-corrected chi connectivity index (χ2v) is 5.98. The van der Waals surface area contributed by atoms with Crippen LogP contribution >= 0.6 is 0 Å². The van der Waals surface area contributed by atoms with Gasteiger partial charge >= 0.3 is 0 Å². The number of fused-ring (bicyclic) bond motifs is 1. The first-order chi connectivity index (χ1) is 12.1. The molecule has 2 heterocycles. The quantitative estimate of drug-likeness (QED) is 0.753. The van der Waals surface area contributed by atoms with Crippen molar-refractivity contribution in [2.75, 3.05) is 5.32 Å². The summed E-state index contributed by atoms with van der Waals surface area (Å²) in [6.45, 7) is 1.85. The molecular weight excluding hydrogens is 320 g/mol. The van der Waals surface area contributed by atoms with Crippen molar-refractivity contribution in [3.8, 4) is 0 Å². The number of benzene rings is 1. The molecule has 3 aromatic rings. The van der Waals surface area contributed by atoms with E-state index in [1.54, 1.807) is 36.5 Å². The number of carbonyl (C=O) groups is 2. The van der Waals surface area contributed by atoms with E-state index in [4.69, 9.17) is 0 Å². The van der Waals surface area contributed by atoms with Crippen LogP contribution in [-0.4, -0.2) is 37.4 Å². The molecule has 0 aliphatic heterocycles. The first kappa shape index (κ1) is 15.3. The highest BCUT2D eigenvalue weighted by Gasteiger charge is 2.25. The smallest absolute Gasteiger partial charge is 0.295 e. The second-order valence-electron chi connectivity index (χ2n) is 5.98. The van der Waals surface area contributed by atoms with Gasteiger partial charge < -0.3 is 10.6 Å². The monoisotopic (exact) mass is 336 g/mol. The maximum Gasteiger partial charge on any atom is 0.295 e. The SMILES string of the molecule is Cc1ccnc2nc(C(=O)Nc3ccccc3C(=O)NC3CC3)nn12. The van der Waals surface area contributed by atoms with E-state index in [-0.39, 0.29) is 17.8 Å². The second kappa shape index (κ2) is 5.97. The summed E-state index contributed by atoms with van der Waals surface area (Å²) < 4.78 is 1.50. The summed E-state index contributed by atoms with van der Waals surface area (Å²) in [7, 11) is 0. The molecule has 0 saturated heterocycles. The minimum absolute atomic E-state index is 0.000737.